The van der Waals surface area contributed by atoms with Gasteiger partial charge in [0.1, 0.15) is 16.9 Å². The van der Waals surface area contributed by atoms with E-state index in [1.165, 1.54) is 17.4 Å². The molecular weight excluding hydrogens is 225 g/mol. The average molecular weight is 235 g/mol. The number of rotatable bonds is 1. The van der Waals surface area contributed by atoms with Crippen LogP contribution in [0.1, 0.15) is 28.5 Å². The monoisotopic (exact) mass is 235 g/mol. The number of benzene rings is 1. The summed E-state index contributed by atoms with van der Waals surface area (Å²) in [6, 6.07) is 4.78. The molecule has 0 saturated carbocycles. The second-order valence-corrected chi connectivity index (χ2v) is 5.09. The van der Waals surface area contributed by atoms with Crippen molar-refractivity contribution in [2.75, 3.05) is 0 Å². The summed E-state index contributed by atoms with van der Waals surface area (Å²) >= 11 is 1.51. The predicted octanol–water partition coefficient (Wildman–Crippen LogP) is 2.91. The molecule has 2 nitrogen and oxygen atoms in total. The van der Waals surface area contributed by atoms with Crippen LogP contribution in [0.4, 0.5) is 4.39 Å². The standard InChI is InChI=1S/C12H10FNOS/c1-6(15)12-14-11-9-3-2-8(13)4-7(9)5-10(11)16-12/h2-4,6,15H,5H2,1H3. The van der Waals surface area contributed by atoms with Crippen molar-refractivity contribution in [1.29, 1.82) is 0 Å². The minimum Gasteiger partial charge on any atom is -0.386 e. The summed E-state index contributed by atoms with van der Waals surface area (Å²) in [5.41, 5.74) is 2.90. The van der Waals surface area contributed by atoms with E-state index in [9.17, 15) is 9.50 Å². The number of aliphatic hydroxyl groups is 1. The molecule has 1 heterocycles. The summed E-state index contributed by atoms with van der Waals surface area (Å²) < 4.78 is 13.0. The first-order valence-corrected chi connectivity index (χ1v) is 5.93. The van der Waals surface area contributed by atoms with E-state index in [4.69, 9.17) is 0 Å². The summed E-state index contributed by atoms with van der Waals surface area (Å²) in [5.74, 6) is -0.204. The molecule has 1 atom stereocenters. The van der Waals surface area contributed by atoms with Gasteiger partial charge in [-0.25, -0.2) is 9.37 Å². The second kappa shape index (κ2) is 3.37. The van der Waals surface area contributed by atoms with Crippen molar-refractivity contribution in [1.82, 2.24) is 4.98 Å². The van der Waals surface area contributed by atoms with Crippen LogP contribution in [-0.2, 0) is 6.42 Å². The first-order chi connectivity index (χ1) is 7.65. The van der Waals surface area contributed by atoms with Crippen LogP contribution in [0, 0.1) is 5.82 Å². The SMILES string of the molecule is CC(O)c1nc2c(s1)Cc1cc(F)ccc1-2. The zero-order chi connectivity index (χ0) is 11.3. The minimum absolute atomic E-state index is 0.204. The van der Waals surface area contributed by atoms with Gasteiger partial charge in [0.2, 0.25) is 0 Å². The Labute approximate surface area is 96.4 Å². The quantitative estimate of drug-likeness (QED) is 0.703. The van der Waals surface area contributed by atoms with Gasteiger partial charge >= 0.3 is 0 Å². The van der Waals surface area contributed by atoms with E-state index < -0.39 is 6.10 Å². The van der Waals surface area contributed by atoms with Crippen molar-refractivity contribution < 1.29 is 9.50 Å². The highest BCUT2D eigenvalue weighted by Crippen LogP contribution is 2.40. The number of hydrogen-bond acceptors (Lipinski definition) is 3. The number of thiazole rings is 1. The highest BCUT2D eigenvalue weighted by molar-refractivity contribution is 7.12. The van der Waals surface area contributed by atoms with Crippen LogP contribution in [0.5, 0.6) is 0 Å². The highest BCUT2D eigenvalue weighted by atomic mass is 32.1. The molecule has 4 heteroatoms. The van der Waals surface area contributed by atoms with Gasteiger partial charge in [-0.05, 0) is 30.7 Å². The molecule has 16 heavy (non-hydrogen) atoms. The van der Waals surface area contributed by atoms with Crippen molar-refractivity contribution in [2.45, 2.75) is 19.4 Å². The van der Waals surface area contributed by atoms with Gasteiger partial charge < -0.3 is 5.11 Å². The van der Waals surface area contributed by atoms with Gasteiger partial charge in [-0.1, -0.05) is 0 Å². The number of fused-ring (bicyclic) bond motifs is 3. The maximum absolute atomic E-state index is 13.0. The second-order valence-electron chi connectivity index (χ2n) is 3.98. The molecule has 1 N–H and O–H groups in total. The molecule has 2 aromatic rings. The molecule has 0 bridgehead atoms. The van der Waals surface area contributed by atoms with Gasteiger partial charge in [0.25, 0.3) is 0 Å². The third-order valence-electron chi connectivity index (χ3n) is 2.74. The van der Waals surface area contributed by atoms with E-state index in [1.807, 2.05) is 0 Å². The highest BCUT2D eigenvalue weighted by Gasteiger charge is 2.24. The van der Waals surface area contributed by atoms with Crippen molar-refractivity contribution >= 4 is 11.3 Å². The van der Waals surface area contributed by atoms with Gasteiger partial charge in [-0.3, -0.25) is 0 Å². The Bertz CT molecular complexity index is 562. The number of aromatic nitrogens is 1. The van der Waals surface area contributed by atoms with Crippen LogP contribution in [0.3, 0.4) is 0 Å². The molecule has 3 rings (SSSR count). The first kappa shape index (κ1) is 9.93. The lowest BCUT2D eigenvalue weighted by atomic mass is 10.1. The zero-order valence-electron chi connectivity index (χ0n) is 8.70. The Hall–Kier alpha value is -1.26. The van der Waals surface area contributed by atoms with Crippen LogP contribution < -0.4 is 0 Å². The van der Waals surface area contributed by atoms with E-state index in [-0.39, 0.29) is 5.82 Å². The summed E-state index contributed by atoms with van der Waals surface area (Å²) in [5, 5.41) is 10.2. The molecule has 1 aromatic carbocycles. The lowest BCUT2D eigenvalue weighted by molar-refractivity contribution is 0.199. The largest absolute Gasteiger partial charge is 0.386 e. The fourth-order valence-electron chi connectivity index (χ4n) is 1.99. The molecule has 0 amide bonds. The fourth-order valence-corrected chi connectivity index (χ4v) is 3.03. The Kier molecular flexibility index (Phi) is 2.09. The zero-order valence-corrected chi connectivity index (χ0v) is 9.51. The molecule has 1 aliphatic rings. The third-order valence-corrected chi connectivity index (χ3v) is 3.97. The number of halogens is 1. The number of hydrogen-bond donors (Lipinski definition) is 1. The van der Waals surface area contributed by atoms with E-state index in [1.54, 1.807) is 19.1 Å². The fraction of sp³-hybridized carbons (Fsp3) is 0.250. The minimum atomic E-state index is -0.528. The van der Waals surface area contributed by atoms with Gasteiger partial charge in [0.15, 0.2) is 0 Å². The van der Waals surface area contributed by atoms with Crippen LogP contribution >= 0.6 is 11.3 Å². The van der Waals surface area contributed by atoms with Gasteiger partial charge in [0.05, 0.1) is 5.69 Å². The van der Waals surface area contributed by atoms with Crippen molar-refractivity contribution in [3.05, 3.63) is 39.5 Å². The molecule has 0 spiro atoms. The Balaban J connectivity index is 2.13. The van der Waals surface area contributed by atoms with E-state index in [2.05, 4.69) is 4.98 Å². The number of nitrogens with zero attached hydrogens (tertiary/aromatic N) is 1. The van der Waals surface area contributed by atoms with Crippen LogP contribution in [0.2, 0.25) is 0 Å². The van der Waals surface area contributed by atoms with Gasteiger partial charge in [0, 0.05) is 16.9 Å². The van der Waals surface area contributed by atoms with Crippen LogP contribution in [0.25, 0.3) is 11.3 Å². The van der Waals surface area contributed by atoms with Crippen molar-refractivity contribution in [3.63, 3.8) is 0 Å². The average Bonchev–Trinajstić information content (AvgIpc) is 2.73. The molecule has 0 saturated heterocycles. The summed E-state index contributed by atoms with van der Waals surface area (Å²) in [4.78, 5) is 5.53. The molecule has 1 aromatic heterocycles. The molecule has 0 aliphatic heterocycles. The van der Waals surface area contributed by atoms with Crippen molar-refractivity contribution in [2.24, 2.45) is 0 Å². The van der Waals surface area contributed by atoms with E-state index >= 15 is 0 Å². The Morgan fingerprint density at radius 3 is 3.06 bits per heavy atom. The van der Waals surface area contributed by atoms with Crippen molar-refractivity contribution in [3.8, 4) is 11.3 Å². The lowest BCUT2D eigenvalue weighted by Crippen LogP contribution is -1.90. The summed E-state index contributed by atoms with van der Waals surface area (Å²) in [6.07, 6.45) is 0.201. The van der Waals surface area contributed by atoms with E-state index in [0.717, 1.165) is 33.1 Å². The summed E-state index contributed by atoms with van der Waals surface area (Å²) in [7, 11) is 0. The van der Waals surface area contributed by atoms with Gasteiger partial charge in [-0.15, -0.1) is 11.3 Å². The smallest absolute Gasteiger partial charge is 0.123 e. The predicted molar refractivity (Wildman–Crippen MR) is 60.9 cm³/mol. The molecule has 1 aliphatic carbocycles. The lowest BCUT2D eigenvalue weighted by Gasteiger charge is -2.00. The molecule has 0 fully saturated rings. The Morgan fingerprint density at radius 1 is 1.50 bits per heavy atom. The number of aliphatic hydroxyl groups excluding tert-OH is 1. The molecular formula is C12H10FNOS. The molecule has 82 valence electrons. The van der Waals surface area contributed by atoms with Crippen LogP contribution in [0.15, 0.2) is 18.2 Å². The topological polar surface area (TPSA) is 33.1 Å². The maximum Gasteiger partial charge on any atom is 0.123 e. The third kappa shape index (κ3) is 1.37. The van der Waals surface area contributed by atoms with Gasteiger partial charge in [-0.2, -0.15) is 0 Å². The molecule has 0 radical (unpaired) electrons. The first-order valence-electron chi connectivity index (χ1n) is 5.11. The normalized spacial score (nSPS) is 14.7. The van der Waals surface area contributed by atoms with E-state index in [0.29, 0.717) is 0 Å². The maximum atomic E-state index is 13.0. The summed E-state index contributed by atoms with van der Waals surface area (Å²) in [6.45, 7) is 1.71. The van der Waals surface area contributed by atoms with Crippen LogP contribution in [-0.4, -0.2) is 10.1 Å². The molecule has 1 unspecified atom stereocenters. The Morgan fingerprint density at radius 2 is 2.31 bits per heavy atom.